The molecule has 0 atom stereocenters. The van der Waals surface area contributed by atoms with E-state index in [4.69, 9.17) is 18.1 Å². The fraction of sp³-hybridized carbons (Fsp3) is 0.250. The van der Waals surface area contributed by atoms with Gasteiger partial charge in [0.2, 0.25) is 0 Å². The van der Waals surface area contributed by atoms with Gasteiger partial charge in [0.1, 0.15) is 11.2 Å². The van der Waals surface area contributed by atoms with Gasteiger partial charge in [-0.25, -0.2) is 0 Å². The van der Waals surface area contributed by atoms with Crippen molar-refractivity contribution in [1.82, 2.24) is 0 Å². The quantitative estimate of drug-likeness (QED) is 0.344. The number of hydrogen-bond donors (Lipinski definition) is 0. The molecule has 0 aliphatic carbocycles. The molecule has 4 nitrogen and oxygen atoms in total. The maximum Gasteiger partial charge on any atom is 0.495 e. The second kappa shape index (κ2) is 5.44. The van der Waals surface area contributed by atoms with Crippen molar-refractivity contribution < 1.29 is 18.1 Å². The van der Waals surface area contributed by atoms with Crippen LogP contribution in [0.4, 0.5) is 0 Å². The fourth-order valence-electron chi connectivity index (χ4n) is 4.26. The Bertz CT molecular complexity index is 1410. The molecular formula is C24H21BO4. The van der Waals surface area contributed by atoms with Crippen LogP contribution in [0.15, 0.2) is 63.4 Å². The number of fused-ring (bicyclic) bond motifs is 7. The molecule has 0 spiro atoms. The predicted molar refractivity (Wildman–Crippen MR) is 117 cm³/mol. The molecule has 0 radical (unpaired) electrons. The highest BCUT2D eigenvalue weighted by Crippen LogP contribution is 2.40. The van der Waals surface area contributed by atoms with Gasteiger partial charge in [0.05, 0.1) is 11.2 Å². The first-order chi connectivity index (χ1) is 13.9. The smallest absolute Gasteiger partial charge is 0.452 e. The molecule has 144 valence electrons. The van der Waals surface area contributed by atoms with Gasteiger partial charge in [-0.1, -0.05) is 30.3 Å². The van der Waals surface area contributed by atoms with Crippen molar-refractivity contribution >= 4 is 56.5 Å². The summed E-state index contributed by atoms with van der Waals surface area (Å²) >= 11 is 0. The van der Waals surface area contributed by atoms with Crippen LogP contribution in [0.25, 0.3) is 43.9 Å². The van der Waals surface area contributed by atoms with E-state index in [9.17, 15) is 0 Å². The minimum atomic E-state index is -0.448. The predicted octanol–water partition coefficient (Wildman–Crippen LogP) is 5.78. The molecule has 6 rings (SSSR count). The molecule has 0 unspecified atom stereocenters. The van der Waals surface area contributed by atoms with Gasteiger partial charge in [0.25, 0.3) is 0 Å². The van der Waals surface area contributed by atoms with Crippen LogP contribution in [0.2, 0.25) is 0 Å². The zero-order valence-electron chi connectivity index (χ0n) is 16.9. The Labute approximate surface area is 168 Å². The summed E-state index contributed by atoms with van der Waals surface area (Å²) < 4.78 is 25.1. The number of hydrogen-bond acceptors (Lipinski definition) is 4. The molecule has 0 N–H and O–H groups in total. The van der Waals surface area contributed by atoms with E-state index in [1.165, 1.54) is 0 Å². The molecule has 1 saturated heterocycles. The minimum Gasteiger partial charge on any atom is -0.452 e. The molecule has 3 aromatic carbocycles. The van der Waals surface area contributed by atoms with Crippen LogP contribution in [0, 0.1) is 0 Å². The van der Waals surface area contributed by atoms with Gasteiger partial charge in [-0.15, -0.1) is 0 Å². The third-order valence-corrected chi connectivity index (χ3v) is 6.55. The maximum absolute atomic E-state index is 6.32. The van der Waals surface area contributed by atoms with E-state index in [1.807, 2.05) is 30.3 Å². The van der Waals surface area contributed by atoms with Crippen LogP contribution in [-0.2, 0) is 9.31 Å². The first-order valence-corrected chi connectivity index (χ1v) is 9.97. The summed E-state index contributed by atoms with van der Waals surface area (Å²) in [5, 5.41) is 4.18. The molecule has 1 aliphatic rings. The highest BCUT2D eigenvalue weighted by Gasteiger charge is 2.52. The van der Waals surface area contributed by atoms with Crippen molar-refractivity contribution in [3.8, 4) is 0 Å². The van der Waals surface area contributed by atoms with Crippen LogP contribution >= 0.6 is 0 Å². The van der Waals surface area contributed by atoms with Crippen molar-refractivity contribution in [2.45, 2.75) is 38.9 Å². The third kappa shape index (κ3) is 2.23. The second-order valence-electron chi connectivity index (χ2n) is 8.83. The zero-order valence-corrected chi connectivity index (χ0v) is 16.9. The topological polar surface area (TPSA) is 44.7 Å². The normalized spacial score (nSPS) is 18.6. The number of para-hydroxylation sites is 1. The Morgan fingerprint density at radius 1 is 0.621 bits per heavy atom. The maximum atomic E-state index is 6.32. The molecule has 3 heterocycles. The summed E-state index contributed by atoms with van der Waals surface area (Å²) in [5.41, 5.74) is 3.39. The van der Waals surface area contributed by atoms with Crippen molar-refractivity contribution in [3.05, 3.63) is 54.6 Å². The lowest BCUT2D eigenvalue weighted by Gasteiger charge is -2.32. The van der Waals surface area contributed by atoms with Crippen LogP contribution in [0.3, 0.4) is 0 Å². The average molecular weight is 384 g/mol. The van der Waals surface area contributed by atoms with Gasteiger partial charge in [-0.2, -0.15) is 0 Å². The van der Waals surface area contributed by atoms with Gasteiger partial charge in [-0.3, -0.25) is 0 Å². The van der Waals surface area contributed by atoms with E-state index < -0.39 is 18.3 Å². The second-order valence-corrected chi connectivity index (χ2v) is 8.83. The summed E-state index contributed by atoms with van der Waals surface area (Å²) in [5.74, 6) is 0. The van der Waals surface area contributed by atoms with Gasteiger partial charge in [-0.05, 0) is 57.4 Å². The lowest BCUT2D eigenvalue weighted by molar-refractivity contribution is 0.00578. The Hall–Kier alpha value is -2.76. The first kappa shape index (κ1) is 17.1. The largest absolute Gasteiger partial charge is 0.495 e. The Kier molecular flexibility index (Phi) is 3.21. The van der Waals surface area contributed by atoms with E-state index in [-0.39, 0.29) is 0 Å². The molecule has 5 aromatic rings. The third-order valence-electron chi connectivity index (χ3n) is 6.55. The summed E-state index contributed by atoms with van der Waals surface area (Å²) in [6.45, 7) is 8.27. The summed E-state index contributed by atoms with van der Waals surface area (Å²) in [4.78, 5) is 0. The molecule has 2 aromatic heterocycles. The Balaban J connectivity index is 1.64. The molecule has 1 aliphatic heterocycles. The van der Waals surface area contributed by atoms with Crippen LogP contribution < -0.4 is 5.46 Å². The van der Waals surface area contributed by atoms with E-state index in [0.717, 1.165) is 49.3 Å². The van der Waals surface area contributed by atoms with Gasteiger partial charge >= 0.3 is 7.12 Å². The van der Waals surface area contributed by atoms with Crippen molar-refractivity contribution in [3.63, 3.8) is 0 Å². The SMILES string of the molecule is CC1(C)OB(c2cccc3oc4c(ccc5c6ccccc6oc54)c23)OC1(C)C. The van der Waals surface area contributed by atoms with Crippen LogP contribution in [0.5, 0.6) is 0 Å². The van der Waals surface area contributed by atoms with Crippen molar-refractivity contribution in [1.29, 1.82) is 0 Å². The van der Waals surface area contributed by atoms with Gasteiger partial charge in [0, 0.05) is 21.5 Å². The molecule has 29 heavy (non-hydrogen) atoms. The lowest BCUT2D eigenvalue weighted by Crippen LogP contribution is -2.41. The number of benzene rings is 3. The molecule has 5 heteroatoms. The Morgan fingerprint density at radius 2 is 1.24 bits per heavy atom. The molecule has 0 amide bonds. The van der Waals surface area contributed by atoms with E-state index in [2.05, 4.69) is 52.0 Å². The summed E-state index contributed by atoms with van der Waals surface area (Å²) in [6, 6.07) is 18.3. The molecule has 0 bridgehead atoms. The van der Waals surface area contributed by atoms with Crippen molar-refractivity contribution in [2.75, 3.05) is 0 Å². The van der Waals surface area contributed by atoms with Crippen LogP contribution in [-0.4, -0.2) is 18.3 Å². The van der Waals surface area contributed by atoms with Crippen LogP contribution in [0.1, 0.15) is 27.7 Å². The average Bonchev–Trinajstić information content (AvgIpc) is 3.30. The van der Waals surface area contributed by atoms with Crippen molar-refractivity contribution in [2.24, 2.45) is 0 Å². The number of furan rings is 2. The van der Waals surface area contributed by atoms with Gasteiger partial charge in [0.15, 0.2) is 11.2 Å². The summed E-state index contributed by atoms with van der Waals surface area (Å²) in [6.07, 6.45) is 0. The fourth-order valence-corrected chi connectivity index (χ4v) is 4.26. The standard InChI is InChI=1S/C24H21BO4/c1-23(2)24(3,4)29-25(28-23)17-9-7-11-19-20(17)16-13-12-15-14-8-5-6-10-18(14)26-21(15)22(16)27-19/h5-13H,1-4H3. The highest BCUT2D eigenvalue weighted by atomic mass is 16.7. The lowest BCUT2D eigenvalue weighted by atomic mass is 9.76. The summed E-state index contributed by atoms with van der Waals surface area (Å²) in [7, 11) is -0.448. The molecule has 0 saturated carbocycles. The van der Waals surface area contributed by atoms with E-state index >= 15 is 0 Å². The minimum absolute atomic E-state index is 0.397. The Morgan fingerprint density at radius 3 is 2.03 bits per heavy atom. The molecule has 1 fully saturated rings. The van der Waals surface area contributed by atoms with Gasteiger partial charge < -0.3 is 18.1 Å². The monoisotopic (exact) mass is 384 g/mol. The van der Waals surface area contributed by atoms with E-state index in [1.54, 1.807) is 0 Å². The zero-order chi connectivity index (χ0) is 20.0. The first-order valence-electron chi connectivity index (χ1n) is 9.97. The number of rotatable bonds is 1. The molecular weight excluding hydrogens is 363 g/mol. The van der Waals surface area contributed by atoms with E-state index in [0.29, 0.717) is 0 Å². The highest BCUT2D eigenvalue weighted by molar-refractivity contribution is 6.66.